The molecule has 0 aromatic heterocycles. The molecule has 172 valence electrons. The highest BCUT2D eigenvalue weighted by atomic mass is 32.2. The quantitative estimate of drug-likeness (QED) is 0.435. The molecule has 2 rings (SSSR count). The van der Waals surface area contributed by atoms with Crippen molar-refractivity contribution in [1.82, 2.24) is 0 Å². The fraction of sp³-hybridized carbons (Fsp3) is 0.286. The molecule has 11 heteroatoms. The number of esters is 2. The smallest absolute Gasteiger partial charge is 0.339 e. The van der Waals surface area contributed by atoms with Crippen molar-refractivity contribution in [2.75, 3.05) is 30.5 Å². The topological polar surface area (TPSA) is 128 Å². The number of sulfonamides is 1. The minimum atomic E-state index is -4.20. The molecule has 1 amide bonds. The average Bonchev–Trinajstić information content (AvgIpc) is 2.77. The van der Waals surface area contributed by atoms with Gasteiger partial charge in [0.05, 0.1) is 41.6 Å². The Hall–Kier alpha value is -3.05. The number of anilines is 2. The molecular formula is C21H24N2O7S2. The van der Waals surface area contributed by atoms with Gasteiger partial charge in [-0.1, -0.05) is 13.8 Å². The Kier molecular flexibility index (Phi) is 8.28. The van der Waals surface area contributed by atoms with Crippen LogP contribution in [0.4, 0.5) is 11.4 Å². The Labute approximate surface area is 190 Å². The molecule has 0 aliphatic carbocycles. The van der Waals surface area contributed by atoms with Gasteiger partial charge in [0.1, 0.15) is 0 Å². The lowest BCUT2D eigenvalue weighted by Crippen LogP contribution is -2.20. The van der Waals surface area contributed by atoms with Crippen LogP contribution >= 0.6 is 11.8 Å². The number of carbonyl (C=O) groups is 3. The van der Waals surface area contributed by atoms with Crippen molar-refractivity contribution in [3.05, 3.63) is 47.5 Å². The van der Waals surface area contributed by atoms with Gasteiger partial charge in [-0.15, -0.1) is 11.8 Å². The van der Waals surface area contributed by atoms with Crippen molar-refractivity contribution in [3.63, 3.8) is 0 Å². The minimum absolute atomic E-state index is 0.0421. The van der Waals surface area contributed by atoms with E-state index in [1.807, 2.05) is 0 Å². The van der Waals surface area contributed by atoms with E-state index in [0.29, 0.717) is 10.6 Å². The van der Waals surface area contributed by atoms with Crippen molar-refractivity contribution < 1.29 is 32.3 Å². The Bertz CT molecular complexity index is 1140. The largest absolute Gasteiger partial charge is 0.465 e. The summed E-state index contributed by atoms with van der Waals surface area (Å²) < 4.78 is 37.9. The fourth-order valence-corrected chi connectivity index (χ4v) is 4.22. The summed E-state index contributed by atoms with van der Waals surface area (Å²) in [5.74, 6) is -2.06. The molecule has 0 spiro atoms. The lowest BCUT2D eigenvalue weighted by atomic mass is 10.1. The number of carbonyl (C=O) groups excluding carboxylic acids is 3. The van der Waals surface area contributed by atoms with Crippen LogP contribution in [0.1, 0.15) is 34.6 Å². The van der Waals surface area contributed by atoms with Gasteiger partial charge < -0.3 is 14.8 Å². The Morgan fingerprint density at radius 1 is 0.938 bits per heavy atom. The first-order chi connectivity index (χ1) is 15.0. The van der Waals surface area contributed by atoms with Crippen LogP contribution < -0.4 is 10.0 Å². The van der Waals surface area contributed by atoms with Gasteiger partial charge in [-0.05, 0) is 42.7 Å². The van der Waals surface area contributed by atoms with Crippen molar-refractivity contribution >= 4 is 51.0 Å². The minimum Gasteiger partial charge on any atom is -0.465 e. The summed E-state index contributed by atoms with van der Waals surface area (Å²) in [5, 5.41) is 2.72. The van der Waals surface area contributed by atoms with E-state index in [-0.39, 0.29) is 33.5 Å². The van der Waals surface area contributed by atoms with Gasteiger partial charge in [0.2, 0.25) is 5.91 Å². The number of ether oxygens (including phenoxy) is 2. The monoisotopic (exact) mass is 480 g/mol. The highest BCUT2D eigenvalue weighted by Gasteiger charge is 2.23. The number of hydrogen-bond acceptors (Lipinski definition) is 8. The molecule has 2 N–H and O–H groups in total. The second-order valence-corrected chi connectivity index (χ2v) is 9.39. The maximum atomic E-state index is 13.1. The molecule has 2 aromatic carbocycles. The molecule has 0 fully saturated rings. The first-order valence-corrected chi connectivity index (χ1v) is 12.1. The predicted molar refractivity (Wildman–Crippen MR) is 122 cm³/mol. The summed E-state index contributed by atoms with van der Waals surface area (Å²) >= 11 is 1.35. The molecule has 0 aliphatic heterocycles. The first kappa shape index (κ1) is 25.2. The summed E-state index contributed by atoms with van der Waals surface area (Å²) in [7, 11) is -1.87. The Morgan fingerprint density at radius 3 is 2.16 bits per heavy atom. The zero-order valence-electron chi connectivity index (χ0n) is 18.2. The van der Waals surface area contributed by atoms with Crippen LogP contribution in [0.2, 0.25) is 0 Å². The van der Waals surface area contributed by atoms with E-state index < -0.39 is 22.0 Å². The average molecular weight is 481 g/mol. The summed E-state index contributed by atoms with van der Waals surface area (Å²) in [6.07, 6.45) is 1.80. The third kappa shape index (κ3) is 5.80. The van der Waals surface area contributed by atoms with E-state index in [1.54, 1.807) is 26.2 Å². The lowest BCUT2D eigenvalue weighted by Gasteiger charge is -2.15. The van der Waals surface area contributed by atoms with Crippen molar-refractivity contribution in [2.45, 2.75) is 23.6 Å². The van der Waals surface area contributed by atoms with Gasteiger partial charge in [0.25, 0.3) is 10.0 Å². The second-order valence-electron chi connectivity index (χ2n) is 6.86. The van der Waals surface area contributed by atoms with Gasteiger partial charge >= 0.3 is 11.9 Å². The highest BCUT2D eigenvalue weighted by Crippen LogP contribution is 2.30. The molecule has 0 bridgehead atoms. The summed E-state index contributed by atoms with van der Waals surface area (Å²) in [6, 6.07) is 8.05. The van der Waals surface area contributed by atoms with E-state index >= 15 is 0 Å². The van der Waals surface area contributed by atoms with Crippen LogP contribution in [0, 0.1) is 5.92 Å². The van der Waals surface area contributed by atoms with Crippen molar-refractivity contribution in [3.8, 4) is 0 Å². The third-order valence-corrected chi connectivity index (χ3v) is 6.51. The molecule has 9 nitrogen and oxygen atoms in total. The summed E-state index contributed by atoms with van der Waals surface area (Å²) in [6.45, 7) is 3.44. The number of thioether (sulfide) groups is 1. The van der Waals surface area contributed by atoms with E-state index in [2.05, 4.69) is 14.8 Å². The standard InChI is InChI=1S/C21H24N2O7S2/c1-12(2)19(24)22-17-11-14(7-9-18(17)31-5)32(27,28)23-16-10-13(20(25)29-3)6-8-15(16)21(26)30-4/h6-12,23H,1-5H3,(H,22,24). The van der Waals surface area contributed by atoms with Crippen LogP contribution in [-0.2, 0) is 24.3 Å². The molecule has 0 heterocycles. The zero-order valence-corrected chi connectivity index (χ0v) is 19.8. The van der Waals surface area contributed by atoms with E-state index in [4.69, 9.17) is 4.74 Å². The molecule has 0 unspecified atom stereocenters. The number of hydrogen-bond donors (Lipinski definition) is 2. The molecule has 0 aliphatic rings. The molecule has 0 saturated carbocycles. The SMILES string of the molecule is COC(=O)c1ccc(C(=O)OC)c(NS(=O)(=O)c2ccc(SC)c(NC(=O)C(C)C)c2)c1. The van der Waals surface area contributed by atoms with Crippen LogP contribution in [0.25, 0.3) is 0 Å². The predicted octanol–water partition coefficient (Wildman–Crippen LogP) is 3.38. The fourth-order valence-electron chi connectivity index (χ4n) is 2.59. The van der Waals surface area contributed by atoms with Gasteiger partial charge in [-0.2, -0.15) is 0 Å². The van der Waals surface area contributed by atoms with Gasteiger partial charge in [-0.25, -0.2) is 18.0 Å². The maximum absolute atomic E-state index is 13.1. The summed E-state index contributed by atoms with van der Waals surface area (Å²) in [5.41, 5.74) is 0.148. The Balaban J connectivity index is 2.52. The van der Waals surface area contributed by atoms with Crippen molar-refractivity contribution in [1.29, 1.82) is 0 Å². The highest BCUT2D eigenvalue weighted by molar-refractivity contribution is 7.98. The number of amides is 1. The van der Waals surface area contributed by atoms with Crippen LogP contribution in [0.3, 0.4) is 0 Å². The maximum Gasteiger partial charge on any atom is 0.339 e. The van der Waals surface area contributed by atoms with Crippen LogP contribution in [0.5, 0.6) is 0 Å². The van der Waals surface area contributed by atoms with Crippen LogP contribution in [0.15, 0.2) is 46.2 Å². The van der Waals surface area contributed by atoms with E-state index in [9.17, 15) is 22.8 Å². The first-order valence-electron chi connectivity index (χ1n) is 9.36. The second kappa shape index (κ2) is 10.5. The summed E-state index contributed by atoms with van der Waals surface area (Å²) in [4.78, 5) is 36.6. The van der Waals surface area contributed by atoms with Gasteiger partial charge in [0.15, 0.2) is 0 Å². The molecule has 2 aromatic rings. The number of benzene rings is 2. The zero-order chi connectivity index (χ0) is 24.1. The molecule has 32 heavy (non-hydrogen) atoms. The number of methoxy groups -OCH3 is 2. The van der Waals surface area contributed by atoms with Crippen LogP contribution in [-0.4, -0.2) is 46.7 Å². The molecule has 0 saturated heterocycles. The lowest BCUT2D eigenvalue weighted by molar-refractivity contribution is -0.118. The third-order valence-electron chi connectivity index (χ3n) is 4.35. The molecular weight excluding hydrogens is 456 g/mol. The molecule has 0 atom stereocenters. The number of rotatable bonds is 8. The molecule has 0 radical (unpaired) electrons. The van der Waals surface area contributed by atoms with E-state index in [1.165, 1.54) is 49.2 Å². The number of nitrogens with one attached hydrogen (secondary N) is 2. The van der Waals surface area contributed by atoms with E-state index in [0.717, 1.165) is 7.11 Å². The Morgan fingerprint density at radius 2 is 1.59 bits per heavy atom. The van der Waals surface area contributed by atoms with Crippen molar-refractivity contribution in [2.24, 2.45) is 5.92 Å². The van der Waals surface area contributed by atoms with Gasteiger partial charge in [-0.3, -0.25) is 9.52 Å². The normalized spacial score (nSPS) is 11.1. The van der Waals surface area contributed by atoms with Gasteiger partial charge in [0, 0.05) is 10.8 Å².